The normalized spacial score (nSPS) is 12.3. The zero-order valence-electron chi connectivity index (χ0n) is 13.0. The molecular formula is C15H18N2O4S2. The van der Waals surface area contributed by atoms with E-state index in [1.54, 1.807) is 25.1 Å². The maximum absolute atomic E-state index is 12.4. The summed E-state index contributed by atoms with van der Waals surface area (Å²) in [6.07, 6.45) is 0. The Morgan fingerprint density at radius 2 is 1.35 bits per heavy atom. The topological polar surface area (TPSA) is 83.5 Å². The van der Waals surface area contributed by atoms with Crippen molar-refractivity contribution in [2.45, 2.75) is 16.7 Å². The lowest BCUT2D eigenvalue weighted by atomic mass is 10.2. The van der Waals surface area contributed by atoms with Gasteiger partial charge >= 0.3 is 0 Å². The molecule has 0 aliphatic heterocycles. The van der Waals surface area contributed by atoms with Crippen molar-refractivity contribution in [3.05, 3.63) is 54.1 Å². The molecule has 0 saturated carbocycles. The van der Waals surface area contributed by atoms with Gasteiger partial charge in [-0.3, -0.25) is 4.72 Å². The van der Waals surface area contributed by atoms with Crippen LogP contribution in [0.2, 0.25) is 0 Å². The average molecular weight is 354 g/mol. The van der Waals surface area contributed by atoms with Crippen LogP contribution in [0.1, 0.15) is 5.56 Å². The molecule has 0 saturated heterocycles. The lowest BCUT2D eigenvalue weighted by molar-refractivity contribution is 0.520. The molecule has 124 valence electrons. The van der Waals surface area contributed by atoms with E-state index in [9.17, 15) is 16.8 Å². The van der Waals surface area contributed by atoms with Gasteiger partial charge in [0, 0.05) is 14.1 Å². The van der Waals surface area contributed by atoms with Gasteiger partial charge in [0.05, 0.1) is 15.5 Å². The van der Waals surface area contributed by atoms with Crippen molar-refractivity contribution in [3.8, 4) is 0 Å². The fourth-order valence-corrected chi connectivity index (χ4v) is 3.93. The van der Waals surface area contributed by atoms with Gasteiger partial charge in [-0.1, -0.05) is 18.2 Å². The van der Waals surface area contributed by atoms with E-state index in [4.69, 9.17) is 0 Å². The lowest BCUT2D eigenvalue weighted by Gasteiger charge is -2.13. The van der Waals surface area contributed by atoms with E-state index in [0.717, 1.165) is 9.87 Å². The van der Waals surface area contributed by atoms with Gasteiger partial charge in [0.15, 0.2) is 0 Å². The molecule has 2 aromatic carbocycles. The molecule has 0 aliphatic carbocycles. The minimum absolute atomic E-state index is 0.00143. The highest BCUT2D eigenvalue weighted by atomic mass is 32.2. The molecule has 0 heterocycles. The zero-order chi connectivity index (χ0) is 17.3. The second-order valence-electron chi connectivity index (χ2n) is 5.18. The van der Waals surface area contributed by atoms with Crippen LogP contribution >= 0.6 is 0 Å². The van der Waals surface area contributed by atoms with Crippen LogP contribution in [-0.4, -0.2) is 35.2 Å². The molecule has 1 N–H and O–H groups in total. The average Bonchev–Trinajstić information content (AvgIpc) is 2.49. The number of hydrogen-bond donors (Lipinski definition) is 1. The van der Waals surface area contributed by atoms with Crippen LogP contribution < -0.4 is 4.72 Å². The summed E-state index contributed by atoms with van der Waals surface area (Å²) in [5.41, 5.74) is 1.28. The van der Waals surface area contributed by atoms with Crippen LogP contribution in [-0.2, 0) is 20.0 Å². The van der Waals surface area contributed by atoms with Gasteiger partial charge in [0.2, 0.25) is 10.0 Å². The molecule has 0 fully saturated rings. The Morgan fingerprint density at radius 3 is 1.87 bits per heavy atom. The molecule has 0 aromatic heterocycles. The first kappa shape index (κ1) is 17.5. The molecular weight excluding hydrogens is 336 g/mol. The molecule has 0 unspecified atom stereocenters. The Balaban J connectivity index is 2.34. The molecule has 0 radical (unpaired) electrons. The van der Waals surface area contributed by atoms with Crippen LogP contribution in [0.3, 0.4) is 0 Å². The molecule has 0 atom stereocenters. The van der Waals surface area contributed by atoms with Crippen LogP contribution in [0, 0.1) is 6.92 Å². The van der Waals surface area contributed by atoms with E-state index in [1.807, 2.05) is 6.07 Å². The minimum atomic E-state index is -3.78. The van der Waals surface area contributed by atoms with E-state index >= 15 is 0 Å². The Morgan fingerprint density at radius 1 is 0.826 bits per heavy atom. The SMILES string of the molecule is Cc1ccccc1NS(=O)(=O)c1ccc(S(=O)(=O)N(C)C)cc1. The second-order valence-corrected chi connectivity index (χ2v) is 9.01. The summed E-state index contributed by atoms with van der Waals surface area (Å²) in [5.74, 6) is 0. The van der Waals surface area contributed by atoms with Gasteiger partial charge in [0.25, 0.3) is 10.0 Å². The fraction of sp³-hybridized carbons (Fsp3) is 0.200. The third kappa shape index (κ3) is 3.72. The standard InChI is InChI=1S/C15H18N2O4S2/c1-12-6-4-5-7-15(12)16-22(18,19)13-8-10-14(11-9-13)23(20,21)17(2)3/h4-11,16H,1-3H3. The number of anilines is 1. The Hall–Kier alpha value is -1.90. The molecule has 0 aliphatic rings. The number of aryl methyl sites for hydroxylation is 1. The molecule has 8 heteroatoms. The fourth-order valence-electron chi connectivity index (χ4n) is 1.89. The smallest absolute Gasteiger partial charge is 0.261 e. The molecule has 23 heavy (non-hydrogen) atoms. The predicted octanol–water partition coefficient (Wildman–Crippen LogP) is 2.05. The van der Waals surface area contributed by atoms with E-state index in [1.165, 1.54) is 38.4 Å². The number of nitrogens with one attached hydrogen (secondary N) is 1. The van der Waals surface area contributed by atoms with Crippen molar-refractivity contribution in [2.75, 3.05) is 18.8 Å². The predicted molar refractivity (Wildman–Crippen MR) is 89.3 cm³/mol. The summed E-state index contributed by atoms with van der Waals surface area (Å²) in [6.45, 7) is 1.80. The summed E-state index contributed by atoms with van der Waals surface area (Å²) in [7, 11) is -4.53. The van der Waals surface area contributed by atoms with Crippen molar-refractivity contribution in [1.82, 2.24) is 4.31 Å². The van der Waals surface area contributed by atoms with Gasteiger partial charge in [-0.2, -0.15) is 0 Å². The minimum Gasteiger partial charge on any atom is -0.279 e. The highest BCUT2D eigenvalue weighted by Crippen LogP contribution is 2.21. The van der Waals surface area contributed by atoms with Crippen molar-refractivity contribution in [2.24, 2.45) is 0 Å². The summed E-state index contributed by atoms with van der Waals surface area (Å²) in [4.78, 5) is 0.0378. The highest BCUT2D eigenvalue weighted by Gasteiger charge is 2.20. The van der Waals surface area contributed by atoms with Gasteiger partial charge in [-0.25, -0.2) is 21.1 Å². The summed E-state index contributed by atoms with van der Waals surface area (Å²) >= 11 is 0. The number of hydrogen-bond acceptors (Lipinski definition) is 4. The summed E-state index contributed by atoms with van der Waals surface area (Å²) in [6, 6.07) is 12.1. The highest BCUT2D eigenvalue weighted by molar-refractivity contribution is 7.92. The molecule has 0 bridgehead atoms. The van der Waals surface area contributed by atoms with Gasteiger partial charge < -0.3 is 0 Å². The third-order valence-electron chi connectivity index (χ3n) is 3.30. The van der Waals surface area contributed by atoms with Crippen LogP contribution in [0.25, 0.3) is 0 Å². The molecule has 0 amide bonds. The second kappa shape index (κ2) is 6.31. The summed E-state index contributed by atoms with van der Waals surface area (Å²) < 4.78 is 52.3. The number of para-hydroxylation sites is 1. The first-order valence-corrected chi connectivity index (χ1v) is 9.68. The van der Waals surface area contributed by atoms with Crippen molar-refractivity contribution in [3.63, 3.8) is 0 Å². The van der Waals surface area contributed by atoms with E-state index < -0.39 is 20.0 Å². The van der Waals surface area contributed by atoms with Gasteiger partial charge in [-0.15, -0.1) is 0 Å². The van der Waals surface area contributed by atoms with Crippen molar-refractivity contribution in [1.29, 1.82) is 0 Å². The number of nitrogens with zero attached hydrogens (tertiary/aromatic N) is 1. The molecule has 2 aromatic rings. The number of rotatable bonds is 5. The molecule has 0 spiro atoms. The zero-order valence-corrected chi connectivity index (χ0v) is 14.6. The summed E-state index contributed by atoms with van der Waals surface area (Å²) in [5, 5.41) is 0. The Kier molecular flexibility index (Phi) is 4.79. The first-order chi connectivity index (χ1) is 10.6. The lowest BCUT2D eigenvalue weighted by Crippen LogP contribution is -2.22. The van der Waals surface area contributed by atoms with Crippen molar-refractivity contribution >= 4 is 25.7 Å². The van der Waals surface area contributed by atoms with Gasteiger partial charge in [0.1, 0.15) is 0 Å². The quantitative estimate of drug-likeness (QED) is 0.891. The molecule has 6 nitrogen and oxygen atoms in total. The van der Waals surface area contributed by atoms with Crippen LogP contribution in [0.5, 0.6) is 0 Å². The Labute approximate surface area is 136 Å². The number of benzene rings is 2. The van der Waals surface area contributed by atoms with Crippen LogP contribution in [0.4, 0.5) is 5.69 Å². The van der Waals surface area contributed by atoms with Gasteiger partial charge in [-0.05, 0) is 42.8 Å². The first-order valence-electron chi connectivity index (χ1n) is 6.75. The van der Waals surface area contributed by atoms with Crippen molar-refractivity contribution < 1.29 is 16.8 Å². The third-order valence-corrected chi connectivity index (χ3v) is 6.51. The van der Waals surface area contributed by atoms with Crippen LogP contribution in [0.15, 0.2) is 58.3 Å². The number of sulfonamides is 2. The van der Waals surface area contributed by atoms with E-state index in [0.29, 0.717) is 5.69 Å². The Bertz CT molecular complexity index is 903. The van der Waals surface area contributed by atoms with E-state index in [2.05, 4.69) is 4.72 Å². The maximum atomic E-state index is 12.4. The largest absolute Gasteiger partial charge is 0.279 e. The monoisotopic (exact) mass is 354 g/mol. The maximum Gasteiger partial charge on any atom is 0.261 e. The van der Waals surface area contributed by atoms with E-state index in [-0.39, 0.29) is 9.79 Å². The molecule has 2 rings (SSSR count).